The molecule has 0 heterocycles. The number of phenolic OH excluding ortho intramolecular Hbond substituents is 2. The first-order valence-corrected chi connectivity index (χ1v) is 28.0. The lowest BCUT2D eigenvalue weighted by molar-refractivity contribution is 0.390. The molecule has 2 atom stereocenters. The summed E-state index contributed by atoms with van der Waals surface area (Å²) in [6, 6.07) is 62.9. The van der Waals surface area contributed by atoms with E-state index in [9.17, 15) is 10.2 Å². The van der Waals surface area contributed by atoms with Gasteiger partial charge in [0.15, 0.2) is 0 Å². The number of aliphatic imine (C=N–C) groups is 2. The summed E-state index contributed by atoms with van der Waals surface area (Å²) < 4.78 is 6.68. The van der Waals surface area contributed by atoms with Crippen LogP contribution in [0.15, 0.2) is 186 Å². The fourth-order valence-electron chi connectivity index (χ4n) is 9.67. The molecule has 1 saturated carbocycles. The van der Waals surface area contributed by atoms with Crippen LogP contribution in [-0.2, 0) is 16.2 Å². The van der Waals surface area contributed by atoms with Crippen LogP contribution in [0, 0.1) is 7.43 Å². The van der Waals surface area contributed by atoms with Crippen molar-refractivity contribution in [1.82, 2.24) is 4.17 Å². The van der Waals surface area contributed by atoms with Crippen molar-refractivity contribution in [2.75, 3.05) is 0 Å². The zero-order valence-corrected chi connectivity index (χ0v) is 44.8. The van der Waals surface area contributed by atoms with Crippen LogP contribution in [0.25, 0.3) is 0 Å². The second kappa shape index (κ2) is 21.2. The first-order chi connectivity index (χ1) is 32.9. The standard InChI is InChI=1S/C62H69N3O2P2.CH3/c1-60(2,3)47-39-45(58(66)54(41-47)61(4,5)6)43-63-56-37-25-26-38-57(56)64-44-46-40-53(42-55(59(46)67)62(7,8)9)69(51-33-21-13-22-34-51,52-35-23-14-24-36-52)65-68(48-27-15-10-16-28-48,49-29-17-11-18-30-49)50-31-19-12-20-32-50;/h10-24,27-36,39-44,56-57H,25-26,37-38H2,1-9H3,(H,63,66);1H3/q;-1/p+1. The Labute approximate surface area is 419 Å². The number of phenols is 2. The summed E-state index contributed by atoms with van der Waals surface area (Å²) in [5.74, 6) is 0.526. The molecule has 0 aromatic heterocycles. The molecule has 0 bridgehead atoms. The molecule has 70 heavy (non-hydrogen) atoms. The van der Waals surface area contributed by atoms with Gasteiger partial charge in [0.2, 0.25) is 0 Å². The highest BCUT2D eigenvalue weighted by Crippen LogP contribution is 2.51. The molecule has 7 aromatic rings. The van der Waals surface area contributed by atoms with Crippen LogP contribution in [0.5, 0.6) is 11.5 Å². The molecule has 2 N–H and O–H groups in total. The van der Waals surface area contributed by atoms with Gasteiger partial charge in [-0.1, -0.05) is 172 Å². The smallest absolute Gasteiger partial charge is 0.301 e. The van der Waals surface area contributed by atoms with Crippen molar-refractivity contribution in [3.8, 4) is 11.5 Å². The highest BCUT2D eigenvalue weighted by molar-refractivity contribution is 7.93. The van der Waals surface area contributed by atoms with Crippen molar-refractivity contribution in [3.05, 3.63) is 211 Å². The lowest BCUT2D eigenvalue weighted by atomic mass is 9.79. The molecule has 1 aliphatic rings. The fourth-order valence-corrected chi connectivity index (χ4v) is 19.2. The Hall–Kier alpha value is -5.95. The number of hydrogen-bond acceptors (Lipinski definition) is 4. The highest BCUT2D eigenvalue weighted by Gasteiger charge is 2.45. The molecule has 7 aromatic carbocycles. The second-order valence-electron chi connectivity index (χ2n) is 21.7. The maximum absolute atomic E-state index is 12.5. The lowest BCUT2D eigenvalue weighted by Gasteiger charge is -2.28. The summed E-state index contributed by atoms with van der Waals surface area (Å²) in [6.07, 6.45) is 7.68. The van der Waals surface area contributed by atoms with Gasteiger partial charge in [0.1, 0.15) is 11.5 Å². The van der Waals surface area contributed by atoms with Gasteiger partial charge < -0.3 is 17.6 Å². The van der Waals surface area contributed by atoms with E-state index in [1.807, 2.05) is 12.4 Å². The third-order valence-corrected chi connectivity index (χ3v) is 21.9. The monoisotopic (exact) mass is 966 g/mol. The van der Waals surface area contributed by atoms with E-state index in [0.29, 0.717) is 11.3 Å². The predicted octanol–water partition coefficient (Wildman–Crippen LogP) is 13.0. The maximum Gasteiger partial charge on any atom is 0.301 e. The van der Waals surface area contributed by atoms with Crippen LogP contribution in [0.3, 0.4) is 0 Å². The molecular weight excluding hydrogens is 893 g/mol. The zero-order valence-electron chi connectivity index (χ0n) is 43.0. The number of hydrogen-bond donors (Lipinski definition) is 2. The van der Waals surface area contributed by atoms with Crippen molar-refractivity contribution in [1.29, 1.82) is 0 Å². The SMILES string of the molecule is CC(C)(C)c1cc(C=NC2CCCCC2N=Cc2cc(P(=[N+]=P(c3ccccc3)(c3ccccc3)c3ccccc3)(c3ccccc3)c3ccccc3)cc(C(C)(C)C)c2O)c(O)c(C(C)(C)C)c1.[CH3-]. The maximum atomic E-state index is 12.5. The average molecular weight is 966 g/mol. The summed E-state index contributed by atoms with van der Waals surface area (Å²) in [6.45, 7) is 19.6. The van der Waals surface area contributed by atoms with Crippen molar-refractivity contribution in [2.24, 2.45) is 9.98 Å². The Bertz CT molecular complexity index is 2920. The first-order valence-electron chi connectivity index (χ1n) is 24.6. The summed E-state index contributed by atoms with van der Waals surface area (Å²) in [7, 11) is -5.83. The van der Waals surface area contributed by atoms with Gasteiger partial charge in [-0.3, -0.25) is 9.98 Å². The average Bonchev–Trinajstić information content (AvgIpc) is 3.34. The van der Waals surface area contributed by atoms with Crippen molar-refractivity contribution < 1.29 is 10.2 Å². The van der Waals surface area contributed by atoms with Crippen LogP contribution in [-0.4, -0.2) is 34.7 Å². The van der Waals surface area contributed by atoms with Crippen molar-refractivity contribution >= 4 is 58.4 Å². The van der Waals surface area contributed by atoms with Gasteiger partial charge in [-0.25, -0.2) is 0 Å². The van der Waals surface area contributed by atoms with E-state index in [4.69, 9.17) is 14.2 Å². The van der Waals surface area contributed by atoms with Gasteiger partial charge in [0.25, 0.3) is 0 Å². The Balaban J connectivity index is 0.00000722. The van der Waals surface area contributed by atoms with Gasteiger partial charge in [0.05, 0.1) is 43.9 Å². The number of benzene rings is 7. The third kappa shape index (κ3) is 10.7. The Morgan fingerprint density at radius 2 is 0.743 bits per heavy atom. The molecule has 0 radical (unpaired) electrons. The van der Waals surface area contributed by atoms with E-state index >= 15 is 0 Å². The Morgan fingerprint density at radius 1 is 0.429 bits per heavy atom. The molecule has 2 unspecified atom stereocenters. The Kier molecular flexibility index (Phi) is 15.7. The van der Waals surface area contributed by atoms with E-state index in [0.717, 1.165) is 58.3 Å². The summed E-state index contributed by atoms with van der Waals surface area (Å²) >= 11 is 0. The zero-order chi connectivity index (χ0) is 49.0. The number of rotatable bonds is 10. The lowest BCUT2D eigenvalue weighted by Crippen LogP contribution is -2.32. The molecule has 1 aliphatic carbocycles. The molecule has 0 aliphatic heterocycles. The number of nitrogens with zero attached hydrogens (tertiary/aromatic N) is 3. The first kappa shape index (κ1) is 51.9. The highest BCUT2D eigenvalue weighted by atomic mass is 31.2. The fraction of sp³-hybridized carbons (Fsp3) is 0.286. The minimum Gasteiger partial charge on any atom is -0.507 e. The molecule has 5 nitrogen and oxygen atoms in total. The minimum absolute atomic E-state index is 0. The summed E-state index contributed by atoms with van der Waals surface area (Å²) in [5.41, 5.74) is 3.59. The Morgan fingerprint density at radius 3 is 1.07 bits per heavy atom. The van der Waals surface area contributed by atoms with Crippen LogP contribution in [0.1, 0.15) is 116 Å². The van der Waals surface area contributed by atoms with E-state index in [2.05, 4.69) is 238 Å². The molecule has 0 amide bonds. The largest absolute Gasteiger partial charge is 0.507 e. The minimum atomic E-state index is -3.01. The molecule has 0 spiro atoms. The van der Waals surface area contributed by atoms with Crippen molar-refractivity contribution in [3.63, 3.8) is 0 Å². The molecule has 7 heteroatoms. The van der Waals surface area contributed by atoms with Gasteiger partial charge in [-0.05, 0) is 114 Å². The van der Waals surface area contributed by atoms with Gasteiger partial charge in [-0.15, -0.1) is 4.17 Å². The molecule has 1 fully saturated rings. The van der Waals surface area contributed by atoms with Crippen LogP contribution in [0.2, 0.25) is 0 Å². The van der Waals surface area contributed by atoms with E-state index in [-0.39, 0.29) is 36.1 Å². The van der Waals surface area contributed by atoms with Gasteiger partial charge in [0, 0.05) is 34.7 Å². The van der Waals surface area contributed by atoms with Crippen molar-refractivity contribution in [2.45, 2.75) is 116 Å². The summed E-state index contributed by atoms with van der Waals surface area (Å²) in [5, 5.41) is 31.0. The van der Waals surface area contributed by atoms with Crippen LogP contribution >= 0.6 is 14.1 Å². The summed E-state index contributed by atoms with van der Waals surface area (Å²) in [4.78, 5) is 10.6. The van der Waals surface area contributed by atoms with Crippen LogP contribution in [0.4, 0.5) is 0 Å². The quantitative estimate of drug-likeness (QED) is 0.0620. The topological polar surface area (TPSA) is 79.3 Å². The van der Waals surface area contributed by atoms with E-state index in [1.165, 1.54) is 21.5 Å². The molecule has 362 valence electrons. The molecular formula is C63H73N3O2P2. The van der Waals surface area contributed by atoms with E-state index < -0.39 is 19.5 Å². The van der Waals surface area contributed by atoms with Gasteiger partial charge >= 0.3 is 14.1 Å². The van der Waals surface area contributed by atoms with Crippen LogP contribution < -0.4 is 36.0 Å². The predicted molar refractivity (Wildman–Crippen MR) is 306 cm³/mol. The van der Waals surface area contributed by atoms with Gasteiger partial charge in [-0.2, -0.15) is 0 Å². The molecule has 0 saturated heterocycles. The normalized spacial score (nSPS) is 16.0. The van der Waals surface area contributed by atoms with E-state index in [1.54, 1.807) is 0 Å². The second-order valence-corrected chi connectivity index (χ2v) is 28.0. The molecule has 8 rings (SSSR count). The third-order valence-electron chi connectivity index (χ3n) is 13.5. The number of aromatic hydroxyl groups is 2.